The monoisotopic (exact) mass is 355 g/mol. The Hall–Kier alpha value is -1.14. The van der Waals surface area contributed by atoms with Crippen LogP contribution in [0.3, 0.4) is 0 Å². The Morgan fingerprint density at radius 1 is 1.25 bits per heavy atom. The third-order valence-corrected chi connectivity index (χ3v) is 4.49. The normalized spacial score (nSPS) is 15.9. The van der Waals surface area contributed by atoms with E-state index < -0.39 is 0 Å². The number of benzene rings is 1. The largest absolute Gasteiger partial charge is 0.383 e. The van der Waals surface area contributed by atoms with E-state index in [0.29, 0.717) is 13.0 Å². The van der Waals surface area contributed by atoms with Gasteiger partial charge in [-0.15, -0.1) is 12.4 Å². The first-order valence-corrected chi connectivity index (χ1v) is 8.49. The second kappa shape index (κ2) is 11.4. The van der Waals surface area contributed by atoms with Gasteiger partial charge in [0.25, 0.3) is 0 Å². The first kappa shape index (κ1) is 20.9. The van der Waals surface area contributed by atoms with Crippen LogP contribution < -0.4 is 5.32 Å². The number of hydrogen-bond donors (Lipinski definition) is 1. The molecule has 1 fully saturated rings. The van der Waals surface area contributed by atoms with Crippen molar-refractivity contribution in [3.8, 4) is 0 Å². The van der Waals surface area contributed by atoms with Gasteiger partial charge in [0.15, 0.2) is 0 Å². The molecular weight excluding hydrogens is 326 g/mol. The third kappa shape index (κ3) is 6.40. The summed E-state index contributed by atoms with van der Waals surface area (Å²) in [5.41, 5.74) is 1.28. The van der Waals surface area contributed by atoms with E-state index in [-0.39, 0.29) is 24.4 Å². The number of halogens is 1. The molecule has 1 aliphatic heterocycles. The predicted molar refractivity (Wildman–Crippen MR) is 99.6 cm³/mol. The Morgan fingerprint density at radius 2 is 1.92 bits per heavy atom. The van der Waals surface area contributed by atoms with Crippen LogP contribution in [-0.2, 0) is 9.53 Å². The van der Waals surface area contributed by atoms with Crippen LogP contribution in [0.1, 0.15) is 24.9 Å². The van der Waals surface area contributed by atoms with Crippen molar-refractivity contribution in [2.75, 3.05) is 53.0 Å². The molecule has 5 nitrogen and oxygen atoms in total. The molecule has 0 radical (unpaired) electrons. The van der Waals surface area contributed by atoms with Crippen molar-refractivity contribution >= 4 is 18.3 Å². The third-order valence-electron chi connectivity index (χ3n) is 4.49. The summed E-state index contributed by atoms with van der Waals surface area (Å²) in [7, 11) is 1.72. The first-order chi connectivity index (χ1) is 11.2. The Kier molecular flexibility index (Phi) is 9.95. The summed E-state index contributed by atoms with van der Waals surface area (Å²) in [5.74, 6) is 0.258. The van der Waals surface area contributed by atoms with Gasteiger partial charge < -0.3 is 15.0 Å². The smallest absolute Gasteiger partial charge is 0.223 e. The van der Waals surface area contributed by atoms with Crippen LogP contribution in [0, 0.1) is 0 Å². The Bertz CT molecular complexity index is 467. The molecule has 1 amide bonds. The number of amides is 1. The van der Waals surface area contributed by atoms with Crippen molar-refractivity contribution < 1.29 is 9.53 Å². The fourth-order valence-corrected chi connectivity index (χ4v) is 2.96. The molecule has 0 bridgehead atoms. The van der Waals surface area contributed by atoms with E-state index in [4.69, 9.17) is 4.74 Å². The standard InChI is InChI=1S/C18H29N3O2.ClH/c1-16(17-6-4-3-5-7-17)20(14-15-23-2)11-8-18(22)21-12-9-19-10-13-21;/h3-7,16,19H,8-15H2,1-2H3;1H. The van der Waals surface area contributed by atoms with Gasteiger partial charge in [0.1, 0.15) is 0 Å². The van der Waals surface area contributed by atoms with Gasteiger partial charge in [-0.25, -0.2) is 0 Å². The van der Waals surface area contributed by atoms with Gasteiger partial charge in [-0.05, 0) is 12.5 Å². The predicted octanol–water partition coefficient (Wildman–Crippen LogP) is 1.94. The lowest BCUT2D eigenvalue weighted by atomic mass is 10.1. The number of carbonyl (C=O) groups is 1. The number of rotatable bonds is 8. The number of nitrogens with one attached hydrogen (secondary N) is 1. The van der Waals surface area contributed by atoms with Gasteiger partial charge in [-0.1, -0.05) is 30.3 Å². The molecule has 1 aliphatic rings. The van der Waals surface area contributed by atoms with Gasteiger partial charge in [-0.2, -0.15) is 0 Å². The zero-order valence-electron chi connectivity index (χ0n) is 14.7. The maximum atomic E-state index is 12.4. The molecule has 6 heteroatoms. The topological polar surface area (TPSA) is 44.8 Å². The summed E-state index contributed by atoms with van der Waals surface area (Å²) >= 11 is 0. The van der Waals surface area contributed by atoms with Gasteiger partial charge in [-0.3, -0.25) is 9.69 Å². The molecule has 1 aromatic carbocycles. The van der Waals surface area contributed by atoms with E-state index in [1.165, 1.54) is 5.56 Å². The number of nitrogens with zero attached hydrogens (tertiary/aromatic N) is 2. The fraction of sp³-hybridized carbons (Fsp3) is 0.611. The molecule has 2 rings (SSSR count). The minimum absolute atomic E-state index is 0. The lowest BCUT2D eigenvalue weighted by molar-refractivity contribution is -0.132. The summed E-state index contributed by atoms with van der Waals surface area (Å²) in [5, 5.41) is 3.28. The maximum absolute atomic E-state index is 12.4. The van der Waals surface area contributed by atoms with Crippen LogP contribution in [0.25, 0.3) is 0 Å². The SMILES string of the molecule is COCCN(CCC(=O)N1CCNCC1)C(C)c1ccccc1.Cl. The Balaban J connectivity index is 0.00000288. The number of carbonyl (C=O) groups excluding carboxylic acids is 1. The van der Waals surface area contributed by atoms with E-state index >= 15 is 0 Å². The number of hydrogen-bond acceptors (Lipinski definition) is 4. The average Bonchev–Trinajstić information content (AvgIpc) is 2.62. The van der Waals surface area contributed by atoms with E-state index in [9.17, 15) is 4.79 Å². The quantitative estimate of drug-likeness (QED) is 0.774. The lowest BCUT2D eigenvalue weighted by Gasteiger charge is -2.31. The van der Waals surface area contributed by atoms with E-state index in [2.05, 4.69) is 41.4 Å². The highest BCUT2D eigenvalue weighted by Crippen LogP contribution is 2.20. The van der Waals surface area contributed by atoms with Crippen molar-refractivity contribution in [1.29, 1.82) is 0 Å². The molecule has 136 valence electrons. The Labute approximate surface area is 151 Å². The molecule has 24 heavy (non-hydrogen) atoms. The van der Waals surface area contributed by atoms with Crippen molar-refractivity contribution in [2.24, 2.45) is 0 Å². The van der Waals surface area contributed by atoms with Crippen molar-refractivity contribution in [2.45, 2.75) is 19.4 Å². The molecule has 1 N–H and O–H groups in total. The molecule has 1 heterocycles. The highest BCUT2D eigenvalue weighted by atomic mass is 35.5. The second-order valence-corrected chi connectivity index (χ2v) is 6.00. The molecule has 0 spiro atoms. The van der Waals surface area contributed by atoms with Gasteiger partial charge in [0.05, 0.1) is 6.61 Å². The van der Waals surface area contributed by atoms with E-state index in [1.807, 2.05) is 11.0 Å². The van der Waals surface area contributed by atoms with E-state index in [0.717, 1.165) is 39.3 Å². The second-order valence-electron chi connectivity index (χ2n) is 6.00. The lowest BCUT2D eigenvalue weighted by Crippen LogP contribution is -2.47. The summed E-state index contributed by atoms with van der Waals surface area (Å²) in [6.07, 6.45) is 0.570. The molecule has 1 atom stereocenters. The van der Waals surface area contributed by atoms with Crippen LogP contribution in [0.15, 0.2) is 30.3 Å². The minimum Gasteiger partial charge on any atom is -0.383 e. The molecule has 1 saturated heterocycles. The molecule has 0 aromatic heterocycles. The zero-order chi connectivity index (χ0) is 16.5. The summed E-state index contributed by atoms with van der Waals surface area (Å²) < 4.78 is 5.24. The highest BCUT2D eigenvalue weighted by Gasteiger charge is 2.20. The average molecular weight is 356 g/mol. The molecule has 0 aliphatic carbocycles. The number of methoxy groups -OCH3 is 1. The molecule has 1 aromatic rings. The molecular formula is C18H30ClN3O2. The fourth-order valence-electron chi connectivity index (χ4n) is 2.96. The first-order valence-electron chi connectivity index (χ1n) is 8.49. The highest BCUT2D eigenvalue weighted by molar-refractivity contribution is 5.85. The number of ether oxygens (including phenoxy) is 1. The van der Waals surface area contributed by atoms with Crippen LogP contribution in [-0.4, -0.2) is 68.7 Å². The van der Waals surface area contributed by atoms with Crippen LogP contribution >= 0.6 is 12.4 Å². The summed E-state index contributed by atoms with van der Waals surface area (Å²) in [4.78, 5) is 16.7. The van der Waals surface area contributed by atoms with Crippen LogP contribution in [0.5, 0.6) is 0 Å². The van der Waals surface area contributed by atoms with Crippen molar-refractivity contribution in [3.63, 3.8) is 0 Å². The van der Waals surface area contributed by atoms with Crippen LogP contribution in [0.4, 0.5) is 0 Å². The maximum Gasteiger partial charge on any atom is 0.223 e. The van der Waals surface area contributed by atoms with Gasteiger partial charge in [0.2, 0.25) is 5.91 Å². The van der Waals surface area contributed by atoms with Crippen molar-refractivity contribution in [3.05, 3.63) is 35.9 Å². The minimum atomic E-state index is 0. The number of piperazine rings is 1. The molecule has 0 saturated carbocycles. The summed E-state index contributed by atoms with van der Waals surface area (Å²) in [6.45, 7) is 7.93. The van der Waals surface area contributed by atoms with Crippen LogP contribution in [0.2, 0.25) is 0 Å². The zero-order valence-corrected chi connectivity index (χ0v) is 15.6. The van der Waals surface area contributed by atoms with Gasteiger partial charge >= 0.3 is 0 Å². The van der Waals surface area contributed by atoms with E-state index in [1.54, 1.807) is 7.11 Å². The Morgan fingerprint density at radius 3 is 2.54 bits per heavy atom. The van der Waals surface area contributed by atoms with Gasteiger partial charge in [0, 0.05) is 58.8 Å². The summed E-state index contributed by atoms with van der Waals surface area (Å²) in [6, 6.07) is 10.7. The van der Waals surface area contributed by atoms with Crippen molar-refractivity contribution in [1.82, 2.24) is 15.1 Å². The molecule has 1 unspecified atom stereocenters.